The van der Waals surface area contributed by atoms with Crippen molar-refractivity contribution in [2.75, 3.05) is 6.54 Å². The quantitative estimate of drug-likeness (QED) is 0.887. The van der Waals surface area contributed by atoms with Gasteiger partial charge in [-0.3, -0.25) is 4.98 Å². The summed E-state index contributed by atoms with van der Waals surface area (Å²) >= 11 is 0. The highest BCUT2D eigenvalue weighted by atomic mass is 14.9. The van der Waals surface area contributed by atoms with Gasteiger partial charge in [0.25, 0.3) is 0 Å². The third kappa shape index (κ3) is 2.86. The molecular weight excluding hydrogens is 256 g/mol. The number of aryl methyl sites for hydroxylation is 1. The van der Waals surface area contributed by atoms with Crippen LogP contribution in [-0.2, 0) is 6.42 Å². The van der Waals surface area contributed by atoms with Gasteiger partial charge in [0, 0.05) is 18.2 Å². The average molecular weight is 280 g/mol. The zero-order valence-corrected chi connectivity index (χ0v) is 13.0. The van der Waals surface area contributed by atoms with Gasteiger partial charge >= 0.3 is 0 Å². The van der Waals surface area contributed by atoms with E-state index in [9.17, 15) is 0 Å². The number of hydrogen-bond donors (Lipinski definition) is 1. The van der Waals surface area contributed by atoms with Crippen LogP contribution in [0.2, 0.25) is 0 Å². The van der Waals surface area contributed by atoms with Gasteiger partial charge in [-0.1, -0.05) is 37.3 Å². The maximum Gasteiger partial charge on any atom is 0.0510 e. The second-order valence-corrected chi connectivity index (χ2v) is 5.94. The van der Waals surface area contributed by atoms with E-state index in [1.165, 1.54) is 35.2 Å². The molecule has 1 aliphatic rings. The van der Waals surface area contributed by atoms with Gasteiger partial charge in [0.05, 0.1) is 5.69 Å². The molecule has 0 amide bonds. The fourth-order valence-corrected chi connectivity index (χ4v) is 3.41. The van der Waals surface area contributed by atoms with Crippen molar-refractivity contribution in [2.45, 2.75) is 45.1 Å². The van der Waals surface area contributed by atoms with E-state index in [1.54, 1.807) is 0 Å². The molecule has 1 aromatic carbocycles. The molecule has 2 nitrogen and oxygen atoms in total. The first-order chi connectivity index (χ1) is 10.3. The van der Waals surface area contributed by atoms with Crippen LogP contribution in [0.1, 0.15) is 61.0 Å². The normalized spacial score (nSPS) is 18.5. The van der Waals surface area contributed by atoms with Crippen molar-refractivity contribution in [3.05, 3.63) is 65.0 Å². The maximum atomic E-state index is 4.66. The summed E-state index contributed by atoms with van der Waals surface area (Å²) in [5, 5.41) is 3.62. The number of nitrogens with one attached hydrogen (secondary N) is 1. The van der Waals surface area contributed by atoms with E-state index >= 15 is 0 Å². The van der Waals surface area contributed by atoms with Gasteiger partial charge in [-0.15, -0.1) is 0 Å². The fourth-order valence-electron chi connectivity index (χ4n) is 3.41. The van der Waals surface area contributed by atoms with E-state index in [2.05, 4.69) is 60.5 Å². The SMILES string of the molecule is CCCNC(C)c1ccccc1C1CCc2cccnc21. The monoisotopic (exact) mass is 280 g/mol. The van der Waals surface area contributed by atoms with Crippen molar-refractivity contribution in [3.8, 4) is 0 Å². The Kier molecular flexibility index (Phi) is 4.35. The molecule has 2 unspecified atom stereocenters. The summed E-state index contributed by atoms with van der Waals surface area (Å²) in [5.74, 6) is 0.461. The molecule has 0 bridgehead atoms. The number of pyridine rings is 1. The van der Waals surface area contributed by atoms with Gasteiger partial charge in [-0.05, 0) is 55.5 Å². The van der Waals surface area contributed by atoms with E-state index < -0.39 is 0 Å². The molecule has 1 heterocycles. The van der Waals surface area contributed by atoms with E-state index in [4.69, 9.17) is 0 Å². The first-order valence-corrected chi connectivity index (χ1v) is 8.07. The molecule has 1 N–H and O–H groups in total. The van der Waals surface area contributed by atoms with Gasteiger partial charge < -0.3 is 5.32 Å². The first-order valence-electron chi connectivity index (χ1n) is 8.07. The first kappa shape index (κ1) is 14.3. The van der Waals surface area contributed by atoms with E-state index in [-0.39, 0.29) is 0 Å². The highest BCUT2D eigenvalue weighted by molar-refractivity contribution is 5.42. The van der Waals surface area contributed by atoms with Crippen LogP contribution >= 0.6 is 0 Å². The number of benzene rings is 1. The largest absolute Gasteiger partial charge is 0.310 e. The summed E-state index contributed by atoms with van der Waals surface area (Å²) < 4.78 is 0. The van der Waals surface area contributed by atoms with Gasteiger partial charge in [0.2, 0.25) is 0 Å². The van der Waals surface area contributed by atoms with E-state index in [0.717, 1.165) is 13.0 Å². The summed E-state index contributed by atoms with van der Waals surface area (Å²) in [7, 11) is 0. The minimum atomic E-state index is 0.397. The van der Waals surface area contributed by atoms with Crippen LogP contribution in [0.5, 0.6) is 0 Å². The Morgan fingerprint density at radius 3 is 2.95 bits per heavy atom. The Morgan fingerprint density at radius 2 is 2.10 bits per heavy atom. The molecule has 0 spiro atoms. The molecule has 2 atom stereocenters. The second-order valence-electron chi connectivity index (χ2n) is 5.94. The zero-order chi connectivity index (χ0) is 14.7. The lowest BCUT2D eigenvalue weighted by Gasteiger charge is -2.21. The smallest absolute Gasteiger partial charge is 0.0510 e. The molecule has 0 saturated heterocycles. The topological polar surface area (TPSA) is 24.9 Å². The molecule has 0 fully saturated rings. The summed E-state index contributed by atoms with van der Waals surface area (Å²) in [6.07, 6.45) is 5.43. The average Bonchev–Trinajstić information content (AvgIpc) is 2.96. The molecule has 2 heteroatoms. The third-order valence-electron chi connectivity index (χ3n) is 4.50. The lowest BCUT2D eigenvalue weighted by Crippen LogP contribution is -2.21. The molecule has 0 saturated carbocycles. The van der Waals surface area contributed by atoms with Crippen molar-refractivity contribution in [3.63, 3.8) is 0 Å². The Labute approximate surface area is 127 Å². The highest BCUT2D eigenvalue weighted by Crippen LogP contribution is 2.39. The zero-order valence-electron chi connectivity index (χ0n) is 13.0. The maximum absolute atomic E-state index is 4.66. The summed E-state index contributed by atoms with van der Waals surface area (Å²) in [5.41, 5.74) is 5.58. The second kappa shape index (κ2) is 6.40. The van der Waals surface area contributed by atoms with Crippen LogP contribution in [0.3, 0.4) is 0 Å². The molecule has 110 valence electrons. The molecule has 0 radical (unpaired) electrons. The predicted octanol–water partition coefficient (Wildman–Crippen LogP) is 4.22. The molecule has 2 aromatic rings. The van der Waals surface area contributed by atoms with Gasteiger partial charge in [0.15, 0.2) is 0 Å². The van der Waals surface area contributed by atoms with Crippen LogP contribution < -0.4 is 5.32 Å². The Balaban J connectivity index is 1.93. The van der Waals surface area contributed by atoms with Crippen LogP contribution in [0.25, 0.3) is 0 Å². The Morgan fingerprint density at radius 1 is 1.24 bits per heavy atom. The number of fused-ring (bicyclic) bond motifs is 1. The van der Waals surface area contributed by atoms with Gasteiger partial charge in [0.1, 0.15) is 0 Å². The van der Waals surface area contributed by atoms with Crippen LogP contribution in [0.4, 0.5) is 0 Å². The van der Waals surface area contributed by atoms with E-state index in [0.29, 0.717) is 12.0 Å². The van der Waals surface area contributed by atoms with Gasteiger partial charge in [-0.25, -0.2) is 0 Å². The Bertz CT molecular complexity index is 606. The fraction of sp³-hybridized carbons (Fsp3) is 0.421. The van der Waals surface area contributed by atoms with Crippen molar-refractivity contribution in [2.24, 2.45) is 0 Å². The lowest BCUT2D eigenvalue weighted by atomic mass is 9.89. The lowest BCUT2D eigenvalue weighted by molar-refractivity contribution is 0.562. The van der Waals surface area contributed by atoms with Crippen LogP contribution in [0.15, 0.2) is 42.6 Å². The van der Waals surface area contributed by atoms with E-state index in [1.807, 2.05) is 6.20 Å². The van der Waals surface area contributed by atoms with Crippen molar-refractivity contribution < 1.29 is 0 Å². The minimum absolute atomic E-state index is 0.397. The number of hydrogen-bond acceptors (Lipinski definition) is 2. The van der Waals surface area contributed by atoms with Crippen LogP contribution in [-0.4, -0.2) is 11.5 Å². The summed E-state index contributed by atoms with van der Waals surface area (Å²) in [6.45, 7) is 5.54. The molecule has 1 aliphatic carbocycles. The third-order valence-corrected chi connectivity index (χ3v) is 4.50. The van der Waals surface area contributed by atoms with Crippen molar-refractivity contribution >= 4 is 0 Å². The standard InChI is InChI=1S/C19H24N2/c1-3-12-20-14(2)16-8-4-5-9-17(16)18-11-10-15-7-6-13-21-19(15)18/h4-9,13-14,18,20H,3,10-12H2,1-2H3. The molecule has 1 aromatic heterocycles. The van der Waals surface area contributed by atoms with Crippen molar-refractivity contribution in [1.82, 2.24) is 10.3 Å². The van der Waals surface area contributed by atoms with Crippen molar-refractivity contribution in [1.29, 1.82) is 0 Å². The number of rotatable bonds is 5. The van der Waals surface area contributed by atoms with Gasteiger partial charge in [-0.2, -0.15) is 0 Å². The molecule has 0 aliphatic heterocycles. The number of nitrogens with zero attached hydrogens (tertiary/aromatic N) is 1. The summed E-state index contributed by atoms with van der Waals surface area (Å²) in [4.78, 5) is 4.66. The number of aromatic nitrogens is 1. The molecular formula is C19H24N2. The molecule has 3 rings (SSSR count). The molecule has 21 heavy (non-hydrogen) atoms. The predicted molar refractivity (Wildman–Crippen MR) is 87.6 cm³/mol. The van der Waals surface area contributed by atoms with Crippen LogP contribution in [0, 0.1) is 0 Å². The highest BCUT2D eigenvalue weighted by Gasteiger charge is 2.27. The summed E-state index contributed by atoms with van der Waals surface area (Å²) in [6, 6.07) is 13.5. The minimum Gasteiger partial charge on any atom is -0.310 e. The Hall–Kier alpha value is -1.67.